The van der Waals surface area contributed by atoms with Gasteiger partial charge in [-0.05, 0) is 0 Å². The molecular weight excluding hydrogens is 281 g/mol. The zero-order chi connectivity index (χ0) is 11.0. The zero-order valence-electron chi connectivity index (χ0n) is 9.77. The summed E-state index contributed by atoms with van der Waals surface area (Å²) >= 11 is 0. The fourth-order valence-electron chi connectivity index (χ4n) is 2.25. The van der Waals surface area contributed by atoms with Gasteiger partial charge in [-0.1, -0.05) is 31.0 Å². The smallest absolute Gasteiger partial charge is 0 e. The molecule has 1 aliphatic rings. The summed E-state index contributed by atoms with van der Waals surface area (Å²) in [6.07, 6.45) is 3.52. The van der Waals surface area contributed by atoms with Crippen LogP contribution in [-0.2, 0) is 32.7 Å². The van der Waals surface area contributed by atoms with Crippen molar-refractivity contribution in [3.63, 3.8) is 0 Å². The molecule has 2 aromatic carbocycles. The van der Waals surface area contributed by atoms with Crippen LogP contribution in [0.2, 0.25) is 0 Å². The van der Waals surface area contributed by atoms with E-state index in [2.05, 4.69) is 49.4 Å². The van der Waals surface area contributed by atoms with Gasteiger partial charge in [0.25, 0.3) is 0 Å². The fraction of sp³-hybridized carbons (Fsp3) is 0.125. The molecule has 0 spiro atoms. The first kappa shape index (κ1) is 12.7. The van der Waals surface area contributed by atoms with Crippen LogP contribution < -0.4 is 0 Å². The molecule has 17 heavy (non-hydrogen) atoms. The molecule has 0 heterocycles. The first-order valence-corrected chi connectivity index (χ1v) is 5.56. The van der Waals surface area contributed by atoms with E-state index in [1.807, 2.05) is 18.2 Å². The van der Waals surface area contributed by atoms with E-state index in [1.165, 1.54) is 16.7 Å². The molecule has 1 heteroatoms. The Kier molecular flexibility index (Phi) is 3.96. The number of rotatable bonds is 1. The van der Waals surface area contributed by atoms with Crippen LogP contribution >= 0.6 is 0 Å². The second-order valence-corrected chi connectivity index (χ2v) is 4.10. The van der Waals surface area contributed by atoms with E-state index in [9.17, 15) is 0 Å². The molecular formula is C16H12Y-2. The molecule has 1 atom stereocenters. The minimum Gasteiger partial charge on any atom is -0.265 e. The van der Waals surface area contributed by atoms with Gasteiger partial charge in [-0.25, -0.2) is 18.2 Å². The van der Waals surface area contributed by atoms with Crippen molar-refractivity contribution in [1.82, 2.24) is 0 Å². The van der Waals surface area contributed by atoms with E-state index < -0.39 is 0 Å². The molecule has 0 N–H and O–H groups in total. The number of fused-ring (bicyclic) bond motifs is 1. The molecule has 2 aromatic rings. The number of allylic oxidation sites excluding steroid dienone is 1. The van der Waals surface area contributed by atoms with Crippen molar-refractivity contribution < 1.29 is 32.7 Å². The van der Waals surface area contributed by atoms with Crippen molar-refractivity contribution in [3.05, 3.63) is 77.4 Å². The Labute approximate surface area is 128 Å². The van der Waals surface area contributed by atoms with Gasteiger partial charge in [0.15, 0.2) is 0 Å². The average molecular weight is 293 g/mol. The Morgan fingerprint density at radius 3 is 2.53 bits per heavy atom. The van der Waals surface area contributed by atoms with Crippen molar-refractivity contribution in [2.45, 2.75) is 12.8 Å². The summed E-state index contributed by atoms with van der Waals surface area (Å²) in [5, 5.41) is 0. The van der Waals surface area contributed by atoms with Crippen molar-refractivity contribution in [2.75, 3.05) is 0 Å². The third-order valence-corrected chi connectivity index (χ3v) is 3.04. The van der Waals surface area contributed by atoms with Crippen LogP contribution in [0.5, 0.6) is 0 Å². The Morgan fingerprint density at radius 2 is 1.76 bits per heavy atom. The van der Waals surface area contributed by atoms with Crippen LogP contribution in [0.15, 0.2) is 48.5 Å². The minimum atomic E-state index is 0. The first-order valence-electron chi connectivity index (χ1n) is 5.56. The van der Waals surface area contributed by atoms with Crippen molar-refractivity contribution in [3.8, 4) is 0 Å². The molecule has 0 fully saturated rings. The van der Waals surface area contributed by atoms with Gasteiger partial charge in [0.05, 0.1) is 0 Å². The van der Waals surface area contributed by atoms with Crippen LogP contribution in [0.3, 0.4) is 0 Å². The molecule has 1 radical (unpaired) electrons. The van der Waals surface area contributed by atoms with Gasteiger partial charge >= 0.3 is 0 Å². The molecule has 1 aliphatic carbocycles. The second-order valence-electron chi connectivity index (χ2n) is 4.10. The zero-order valence-corrected chi connectivity index (χ0v) is 12.6. The van der Waals surface area contributed by atoms with Gasteiger partial charge in [-0.15, -0.1) is 17.7 Å². The van der Waals surface area contributed by atoms with Gasteiger partial charge in [0.2, 0.25) is 0 Å². The Balaban J connectivity index is 0.00000108. The fourth-order valence-corrected chi connectivity index (χ4v) is 2.25. The number of benzene rings is 2. The third-order valence-electron chi connectivity index (χ3n) is 3.04. The standard InChI is InChI=1S/C16H12.Y/c1-12-11-16(13-7-3-2-4-8-13)15-10-6-5-9-14(12)15;/h2-7,9-10,12H,1H3;/q-2;. The summed E-state index contributed by atoms with van der Waals surface area (Å²) < 4.78 is 0. The normalized spacial score (nSPS) is 17.0. The Morgan fingerprint density at radius 1 is 1.00 bits per heavy atom. The minimum absolute atomic E-state index is 0. The summed E-state index contributed by atoms with van der Waals surface area (Å²) in [4.78, 5) is 0. The predicted octanol–water partition coefficient (Wildman–Crippen LogP) is 3.84. The van der Waals surface area contributed by atoms with E-state index in [4.69, 9.17) is 0 Å². The van der Waals surface area contributed by atoms with Crippen molar-refractivity contribution in [1.29, 1.82) is 0 Å². The molecule has 0 amide bonds. The first-order chi connectivity index (χ1) is 7.86. The molecule has 0 aromatic heterocycles. The Hall–Kier alpha value is -0.716. The van der Waals surface area contributed by atoms with E-state index in [0.717, 1.165) is 5.56 Å². The molecule has 1 unspecified atom stereocenters. The summed E-state index contributed by atoms with van der Waals surface area (Å²) in [7, 11) is 0. The monoisotopic (exact) mass is 293 g/mol. The van der Waals surface area contributed by atoms with Crippen LogP contribution in [0.4, 0.5) is 0 Å². The predicted molar refractivity (Wildman–Crippen MR) is 65.9 cm³/mol. The molecule has 3 rings (SSSR count). The van der Waals surface area contributed by atoms with Gasteiger partial charge in [0.1, 0.15) is 0 Å². The maximum absolute atomic E-state index is 3.52. The second kappa shape index (κ2) is 5.29. The van der Waals surface area contributed by atoms with Gasteiger partial charge in [-0.2, -0.15) is 17.7 Å². The summed E-state index contributed by atoms with van der Waals surface area (Å²) in [5.41, 5.74) is 5.01. The molecule has 81 valence electrons. The number of hydrogen-bond donors (Lipinski definition) is 0. The van der Waals surface area contributed by atoms with E-state index in [1.54, 1.807) is 0 Å². The van der Waals surface area contributed by atoms with Gasteiger partial charge in [0, 0.05) is 32.7 Å². The quantitative estimate of drug-likeness (QED) is 0.701. The van der Waals surface area contributed by atoms with Crippen LogP contribution in [0, 0.1) is 12.1 Å². The van der Waals surface area contributed by atoms with Crippen molar-refractivity contribution in [2.24, 2.45) is 0 Å². The third kappa shape index (κ3) is 2.29. The molecule has 0 aliphatic heterocycles. The van der Waals surface area contributed by atoms with Crippen LogP contribution in [0.1, 0.15) is 29.5 Å². The average Bonchev–Trinajstić information content (AvgIpc) is 2.69. The van der Waals surface area contributed by atoms with E-state index >= 15 is 0 Å². The topological polar surface area (TPSA) is 0 Å². The SMILES string of the molecule is CC1[C-]=C(c2[c-]cccc2)c2ccccc21.[Y]. The largest absolute Gasteiger partial charge is 0.265 e. The van der Waals surface area contributed by atoms with Crippen LogP contribution in [0.25, 0.3) is 5.57 Å². The summed E-state index contributed by atoms with van der Waals surface area (Å²) in [6.45, 7) is 2.19. The van der Waals surface area contributed by atoms with Gasteiger partial charge < -0.3 is 0 Å². The van der Waals surface area contributed by atoms with Crippen LogP contribution in [-0.4, -0.2) is 0 Å². The van der Waals surface area contributed by atoms with E-state index in [-0.39, 0.29) is 32.7 Å². The number of hydrogen-bond acceptors (Lipinski definition) is 0. The Bertz CT molecular complexity index is 540. The maximum Gasteiger partial charge on any atom is 0 e. The molecule has 0 bridgehead atoms. The maximum atomic E-state index is 3.52. The van der Waals surface area contributed by atoms with Gasteiger partial charge in [-0.3, -0.25) is 11.1 Å². The molecule has 0 nitrogen and oxygen atoms in total. The summed E-state index contributed by atoms with van der Waals surface area (Å²) in [6, 6.07) is 19.9. The molecule has 0 saturated carbocycles. The summed E-state index contributed by atoms with van der Waals surface area (Å²) in [5.74, 6) is 0.389. The van der Waals surface area contributed by atoms with E-state index in [0.29, 0.717) is 5.92 Å². The molecule has 0 saturated heterocycles. The van der Waals surface area contributed by atoms with Crippen molar-refractivity contribution >= 4 is 5.57 Å².